The van der Waals surface area contributed by atoms with Crippen LogP contribution in [0, 0.1) is 29.4 Å². The van der Waals surface area contributed by atoms with Gasteiger partial charge < -0.3 is 0 Å². The molecule has 2 aliphatic rings. The van der Waals surface area contributed by atoms with Crippen LogP contribution in [0.5, 0.6) is 0 Å². The van der Waals surface area contributed by atoms with Crippen molar-refractivity contribution < 1.29 is 13.2 Å². The van der Waals surface area contributed by atoms with Crippen molar-refractivity contribution in [1.29, 1.82) is 0 Å². The third-order valence-corrected chi connectivity index (χ3v) is 8.69. The molecule has 0 unspecified atom stereocenters. The van der Waals surface area contributed by atoms with Crippen molar-refractivity contribution in [2.24, 2.45) is 17.8 Å². The molecule has 0 spiro atoms. The highest BCUT2D eigenvalue weighted by Crippen LogP contribution is 2.44. The lowest BCUT2D eigenvalue weighted by Gasteiger charge is -2.38. The Labute approximate surface area is 204 Å². The molecule has 2 saturated carbocycles. The maximum absolute atomic E-state index is 14.5. The fourth-order valence-electron chi connectivity index (χ4n) is 6.63. The molecule has 0 aromatic heterocycles. The van der Waals surface area contributed by atoms with Crippen molar-refractivity contribution in [1.82, 2.24) is 0 Å². The first kappa shape index (κ1) is 25.3. The Morgan fingerprint density at radius 1 is 0.735 bits per heavy atom. The molecule has 2 fully saturated rings. The zero-order valence-corrected chi connectivity index (χ0v) is 20.8. The summed E-state index contributed by atoms with van der Waals surface area (Å²) in [6.07, 6.45) is 14.8. The number of alkyl halides is 1. The van der Waals surface area contributed by atoms with E-state index in [4.69, 9.17) is 0 Å². The third-order valence-electron chi connectivity index (χ3n) is 8.69. The molecule has 0 heterocycles. The highest BCUT2D eigenvalue weighted by Gasteiger charge is 2.31. The van der Waals surface area contributed by atoms with Gasteiger partial charge in [0.15, 0.2) is 0 Å². The smallest absolute Gasteiger partial charge is 0.129 e. The minimum atomic E-state index is -0.528. The summed E-state index contributed by atoms with van der Waals surface area (Å²) in [4.78, 5) is 0. The summed E-state index contributed by atoms with van der Waals surface area (Å²) in [5.41, 5.74) is 2.84. The van der Waals surface area contributed by atoms with Crippen LogP contribution < -0.4 is 0 Å². The normalized spacial score (nSPS) is 25.4. The van der Waals surface area contributed by atoms with Crippen molar-refractivity contribution in [3.05, 3.63) is 59.2 Å². The lowest BCUT2D eigenvalue weighted by atomic mass is 9.68. The highest BCUT2D eigenvalue weighted by atomic mass is 19.1. The van der Waals surface area contributed by atoms with Gasteiger partial charge in [-0.05, 0) is 110 Å². The van der Waals surface area contributed by atoms with Gasteiger partial charge in [0.1, 0.15) is 11.6 Å². The van der Waals surface area contributed by atoms with E-state index in [9.17, 15) is 13.2 Å². The van der Waals surface area contributed by atoms with Gasteiger partial charge >= 0.3 is 0 Å². The van der Waals surface area contributed by atoms with Gasteiger partial charge in [0, 0.05) is 5.56 Å². The Bertz CT molecular complexity index is 864. The number of rotatable bonds is 9. The van der Waals surface area contributed by atoms with Crippen LogP contribution in [0.25, 0.3) is 11.1 Å². The van der Waals surface area contributed by atoms with Crippen molar-refractivity contribution in [3.8, 4) is 11.1 Å². The largest absolute Gasteiger partial charge is 0.251 e. The second-order valence-corrected chi connectivity index (χ2v) is 10.9. The van der Waals surface area contributed by atoms with Crippen molar-refractivity contribution in [3.63, 3.8) is 0 Å². The SMILES string of the molecule is CCC[C@H]1CC[C@H](C2CCC(c3ccc(-c4cc(F)c(CCCCF)c(F)c4)cc3)CC2)CC1. The summed E-state index contributed by atoms with van der Waals surface area (Å²) in [6, 6.07) is 11.2. The van der Waals surface area contributed by atoms with Gasteiger partial charge in [-0.15, -0.1) is 0 Å². The van der Waals surface area contributed by atoms with E-state index in [1.165, 1.54) is 81.9 Å². The summed E-state index contributed by atoms with van der Waals surface area (Å²) < 4.78 is 41.3. The Balaban J connectivity index is 1.32. The van der Waals surface area contributed by atoms with Gasteiger partial charge in [-0.3, -0.25) is 4.39 Å². The summed E-state index contributed by atoms with van der Waals surface area (Å²) in [7, 11) is 0. The Morgan fingerprint density at radius 3 is 1.88 bits per heavy atom. The standard InChI is InChI=1S/C31H41F3/c1-2-5-22-7-9-23(10-8-22)24-11-13-25(14-12-24)26-15-17-27(18-16-26)28-20-30(33)29(31(34)21-28)6-3-4-19-32/h15-18,20-25H,2-14,19H2,1H3/t22-,23-,24?,25?. The quantitative estimate of drug-likeness (QED) is 0.320. The van der Waals surface area contributed by atoms with E-state index in [1.54, 1.807) is 0 Å². The van der Waals surface area contributed by atoms with Crippen LogP contribution in [0.15, 0.2) is 36.4 Å². The number of unbranched alkanes of at least 4 members (excludes halogenated alkanes) is 1. The highest BCUT2D eigenvalue weighted by molar-refractivity contribution is 5.64. The Hall–Kier alpha value is -1.77. The minimum Gasteiger partial charge on any atom is -0.251 e. The molecule has 2 aromatic rings. The van der Waals surface area contributed by atoms with Crippen LogP contribution >= 0.6 is 0 Å². The Morgan fingerprint density at radius 2 is 1.32 bits per heavy atom. The van der Waals surface area contributed by atoms with Crippen LogP contribution in [0.4, 0.5) is 13.2 Å². The van der Waals surface area contributed by atoms with E-state index < -0.39 is 18.3 Å². The monoisotopic (exact) mass is 470 g/mol. The average molecular weight is 471 g/mol. The lowest BCUT2D eigenvalue weighted by molar-refractivity contribution is 0.156. The van der Waals surface area contributed by atoms with E-state index in [2.05, 4.69) is 19.1 Å². The van der Waals surface area contributed by atoms with Crippen molar-refractivity contribution in [2.45, 2.75) is 96.3 Å². The molecule has 34 heavy (non-hydrogen) atoms. The molecule has 0 saturated heterocycles. The maximum atomic E-state index is 14.5. The molecule has 0 atom stereocenters. The predicted octanol–water partition coefficient (Wildman–Crippen LogP) is 9.80. The minimum absolute atomic E-state index is 0.0735. The molecule has 2 aromatic carbocycles. The molecule has 0 nitrogen and oxygen atoms in total. The molecule has 2 aliphatic carbocycles. The molecule has 3 heteroatoms. The van der Waals surface area contributed by atoms with E-state index in [0.29, 0.717) is 24.3 Å². The van der Waals surface area contributed by atoms with E-state index in [-0.39, 0.29) is 12.0 Å². The first-order valence-corrected chi connectivity index (χ1v) is 13.7. The topological polar surface area (TPSA) is 0 Å². The van der Waals surface area contributed by atoms with Crippen LogP contribution in [-0.2, 0) is 6.42 Å². The van der Waals surface area contributed by atoms with Crippen LogP contribution in [0.3, 0.4) is 0 Å². The van der Waals surface area contributed by atoms with Gasteiger partial charge in [0.25, 0.3) is 0 Å². The summed E-state index contributed by atoms with van der Waals surface area (Å²) in [5, 5.41) is 0. The van der Waals surface area contributed by atoms with Gasteiger partial charge in [0.2, 0.25) is 0 Å². The number of halogens is 3. The molecular formula is C31H41F3. The zero-order chi connectivity index (χ0) is 23.9. The van der Waals surface area contributed by atoms with Crippen molar-refractivity contribution >= 4 is 0 Å². The second-order valence-electron chi connectivity index (χ2n) is 10.9. The maximum Gasteiger partial charge on any atom is 0.129 e. The molecular weight excluding hydrogens is 429 g/mol. The molecule has 186 valence electrons. The molecule has 0 amide bonds. The fraction of sp³-hybridized carbons (Fsp3) is 0.613. The van der Waals surface area contributed by atoms with Gasteiger partial charge in [0.05, 0.1) is 6.67 Å². The molecule has 4 rings (SSSR count). The second kappa shape index (κ2) is 12.3. The van der Waals surface area contributed by atoms with Crippen LogP contribution in [0.1, 0.15) is 101 Å². The molecule has 0 bridgehead atoms. The Kier molecular flexibility index (Phi) is 9.14. The van der Waals surface area contributed by atoms with Gasteiger partial charge in [-0.2, -0.15) is 0 Å². The zero-order valence-electron chi connectivity index (χ0n) is 20.8. The number of benzene rings is 2. The van der Waals surface area contributed by atoms with E-state index in [1.807, 2.05) is 12.1 Å². The summed E-state index contributed by atoms with van der Waals surface area (Å²) in [5.74, 6) is 2.39. The van der Waals surface area contributed by atoms with Crippen LogP contribution in [-0.4, -0.2) is 6.67 Å². The van der Waals surface area contributed by atoms with Crippen molar-refractivity contribution in [2.75, 3.05) is 6.67 Å². The average Bonchev–Trinajstić information content (AvgIpc) is 2.86. The van der Waals surface area contributed by atoms with Gasteiger partial charge in [-0.1, -0.05) is 56.9 Å². The first-order chi connectivity index (χ1) is 16.6. The third kappa shape index (κ3) is 6.26. The van der Waals surface area contributed by atoms with E-state index in [0.717, 1.165) is 23.3 Å². The molecule has 0 radical (unpaired) electrons. The molecule has 0 N–H and O–H groups in total. The predicted molar refractivity (Wildman–Crippen MR) is 136 cm³/mol. The summed E-state index contributed by atoms with van der Waals surface area (Å²) >= 11 is 0. The number of hydrogen-bond donors (Lipinski definition) is 0. The molecule has 0 aliphatic heterocycles. The lowest BCUT2D eigenvalue weighted by Crippen LogP contribution is -2.25. The van der Waals surface area contributed by atoms with Gasteiger partial charge in [-0.25, -0.2) is 8.78 Å². The number of hydrogen-bond acceptors (Lipinski definition) is 0. The summed E-state index contributed by atoms with van der Waals surface area (Å²) in [6.45, 7) is 1.86. The van der Waals surface area contributed by atoms with E-state index >= 15 is 0 Å². The first-order valence-electron chi connectivity index (χ1n) is 13.7. The van der Waals surface area contributed by atoms with Crippen LogP contribution in [0.2, 0.25) is 0 Å². The fourth-order valence-corrected chi connectivity index (χ4v) is 6.63.